The van der Waals surface area contributed by atoms with Gasteiger partial charge in [0.25, 0.3) is 5.91 Å². The molecule has 1 unspecified atom stereocenters. The lowest BCUT2D eigenvalue weighted by atomic mass is 9.83. The molecule has 1 saturated heterocycles. The Morgan fingerprint density at radius 1 is 1.00 bits per heavy atom. The number of rotatable bonds is 15. The summed E-state index contributed by atoms with van der Waals surface area (Å²) in [5.41, 5.74) is 1.72. The third kappa shape index (κ3) is 9.42. The number of ether oxygens (including phenoxy) is 1. The molecule has 1 aliphatic heterocycles. The predicted molar refractivity (Wildman–Crippen MR) is 126 cm³/mol. The highest BCUT2D eigenvalue weighted by atomic mass is 16.5. The van der Waals surface area contributed by atoms with Crippen LogP contribution in [-0.4, -0.2) is 38.1 Å². The summed E-state index contributed by atoms with van der Waals surface area (Å²) in [5, 5.41) is 6.36. The first-order valence-electron chi connectivity index (χ1n) is 12.3. The smallest absolute Gasteiger partial charge is 0.306 e. The van der Waals surface area contributed by atoms with Crippen molar-refractivity contribution in [1.29, 1.82) is 0 Å². The van der Waals surface area contributed by atoms with Gasteiger partial charge in [-0.1, -0.05) is 64.0 Å². The van der Waals surface area contributed by atoms with Crippen molar-refractivity contribution in [1.82, 2.24) is 10.6 Å². The monoisotopic (exact) mass is 430 g/mol. The van der Waals surface area contributed by atoms with E-state index in [0.717, 1.165) is 25.9 Å². The lowest BCUT2D eigenvalue weighted by Gasteiger charge is -2.27. The van der Waals surface area contributed by atoms with Crippen LogP contribution in [0.2, 0.25) is 0 Å². The number of amides is 1. The molecule has 0 aromatic heterocycles. The van der Waals surface area contributed by atoms with Crippen LogP contribution < -0.4 is 10.6 Å². The van der Waals surface area contributed by atoms with Crippen LogP contribution in [0.4, 0.5) is 0 Å². The second-order valence-electron chi connectivity index (χ2n) is 9.01. The van der Waals surface area contributed by atoms with Gasteiger partial charge in [0.2, 0.25) is 0 Å². The summed E-state index contributed by atoms with van der Waals surface area (Å²) in [4.78, 5) is 24.6. The molecule has 1 amide bonds. The van der Waals surface area contributed by atoms with E-state index in [1.807, 2.05) is 19.1 Å². The molecule has 1 atom stereocenters. The number of carbonyl (C=O) groups excluding carboxylic acids is 2. The fourth-order valence-electron chi connectivity index (χ4n) is 4.33. The molecule has 1 aliphatic rings. The van der Waals surface area contributed by atoms with Crippen molar-refractivity contribution in [3.05, 3.63) is 35.4 Å². The van der Waals surface area contributed by atoms with Crippen molar-refractivity contribution in [3.63, 3.8) is 0 Å². The van der Waals surface area contributed by atoms with Gasteiger partial charge in [-0.25, -0.2) is 0 Å². The number of hydrogen-bond acceptors (Lipinski definition) is 4. The maximum absolute atomic E-state index is 12.6. The van der Waals surface area contributed by atoms with E-state index in [9.17, 15) is 9.59 Å². The first kappa shape index (κ1) is 25.4. The van der Waals surface area contributed by atoms with Crippen LogP contribution in [0.3, 0.4) is 0 Å². The van der Waals surface area contributed by atoms with Gasteiger partial charge in [-0.15, -0.1) is 0 Å². The van der Waals surface area contributed by atoms with Gasteiger partial charge in [0.15, 0.2) is 0 Å². The van der Waals surface area contributed by atoms with E-state index in [1.165, 1.54) is 56.9 Å². The molecule has 2 rings (SSSR count). The summed E-state index contributed by atoms with van der Waals surface area (Å²) in [6.45, 7) is 6.53. The minimum Gasteiger partial charge on any atom is -0.466 e. The molecule has 1 fully saturated rings. The molecule has 2 N–H and O–H groups in total. The van der Waals surface area contributed by atoms with E-state index >= 15 is 0 Å². The van der Waals surface area contributed by atoms with Crippen molar-refractivity contribution < 1.29 is 14.3 Å². The molecule has 0 aliphatic carbocycles. The Labute approximate surface area is 188 Å². The zero-order chi connectivity index (χ0) is 22.4. The van der Waals surface area contributed by atoms with Crippen LogP contribution in [0.15, 0.2) is 24.3 Å². The molecule has 0 spiro atoms. The Bertz CT molecular complexity index is 651. The van der Waals surface area contributed by atoms with Crippen molar-refractivity contribution in [2.24, 2.45) is 5.41 Å². The molecule has 0 radical (unpaired) electrons. The Hall–Kier alpha value is -1.88. The molecule has 5 nitrogen and oxygen atoms in total. The topological polar surface area (TPSA) is 67.4 Å². The summed E-state index contributed by atoms with van der Waals surface area (Å²) in [6, 6.07) is 7.98. The lowest BCUT2D eigenvalue weighted by molar-refractivity contribution is -0.145. The lowest BCUT2D eigenvalue weighted by Crippen LogP contribution is -2.40. The Morgan fingerprint density at radius 3 is 2.29 bits per heavy atom. The Morgan fingerprint density at radius 2 is 1.68 bits per heavy atom. The van der Waals surface area contributed by atoms with E-state index in [4.69, 9.17) is 4.74 Å². The maximum atomic E-state index is 12.6. The minimum absolute atomic E-state index is 0.0752. The van der Waals surface area contributed by atoms with Gasteiger partial charge in [-0.05, 0) is 50.4 Å². The third-order valence-corrected chi connectivity index (χ3v) is 6.32. The number of benzene rings is 1. The summed E-state index contributed by atoms with van der Waals surface area (Å²) < 4.78 is 5.12. The van der Waals surface area contributed by atoms with E-state index in [0.29, 0.717) is 25.1 Å². The molecular weight excluding hydrogens is 388 g/mol. The zero-order valence-electron chi connectivity index (χ0n) is 19.6. The normalized spacial score (nSPS) is 18.1. The van der Waals surface area contributed by atoms with Crippen LogP contribution in [0.1, 0.15) is 94.0 Å². The van der Waals surface area contributed by atoms with Gasteiger partial charge in [0.1, 0.15) is 0 Å². The van der Waals surface area contributed by atoms with Gasteiger partial charge in [0.05, 0.1) is 13.0 Å². The van der Waals surface area contributed by atoms with Gasteiger partial charge < -0.3 is 15.4 Å². The number of aryl methyl sites for hydroxylation is 1. The van der Waals surface area contributed by atoms with Crippen LogP contribution in [0.25, 0.3) is 0 Å². The van der Waals surface area contributed by atoms with Crippen LogP contribution in [-0.2, 0) is 16.0 Å². The number of esters is 1. The van der Waals surface area contributed by atoms with Crippen molar-refractivity contribution in [2.75, 3.05) is 26.2 Å². The molecular formula is C26H42N2O3. The van der Waals surface area contributed by atoms with Crippen molar-refractivity contribution >= 4 is 11.9 Å². The van der Waals surface area contributed by atoms with Crippen molar-refractivity contribution in [2.45, 2.75) is 84.5 Å². The molecule has 31 heavy (non-hydrogen) atoms. The third-order valence-electron chi connectivity index (χ3n) is 6.32. The first-order valence-corrected chi connectivity index (χ1v) is 12.3. The van der Waals surface area contributed by atoms with Crippen LogP contribution >= 0.6 is 0 Å². The molecule has 1 heterocycles. The highest BCUT2D eigenvalue weighted by Gasteiger charge is 2.37. The molecule has 1 aromatic rings. The van der Waals surface area contributed by atoms with Gasteiger partial charge in [0, 0.05) is 24.1 Å². The highest BCUT2D eigenvalue weighted by Crippen LogP contribution is 2.29. The van der Waals surface area contributed by atoms with E-state index in [1.54, 1.807) is 0 Å². The number of nitrogens with one attached hydrogen (secondary N) is 2. The largest absolute Gasteiger partial charge is 0.466 e. The van der Waals surface area contributed by atoms with Crippen LogP contribution in [0.5, 0.6) is 0 Å². The summed E-state index contributed by atoms with van der Waals surface area (Å²) in [7, 11) is 0. The summed E-state index contributed by atoms with van der Waals surface area (Å²) >= 11 is 0. The average molecular weight is 431 g/mol. The maximum Gasteiger partial charge on any atom is 0.306 e. The molecule has 0 saturated carbocycles. The van der Waals surface area contributed by atoms with Crippen molar-refractivity contribution in [3.8, 4) is 0 Å². The van der Waals surface area contributed by atoms with E-state index in [2.05, 4.69) is 29.7 Å². The SMILES string of the molecule is CCCCCCCCCCc1ccc(C(=O)NCC2(CC(=O)OCC)CCNC2)cc1. The van der Waals surface area contributed by atoms with Gasteiger partial charge in [-0.3, -0.25) is 9.59 Å². The Kier molecular flexibility index (Phi) is 11.7. The average Bonchev–Trinajstić information content (AvgIpc) is 3.23. The molecule has 5 heteroatoms. The molecule has 174 valence electrons. The fourth-order valence-corrected chi connectivity index (χ4v) is 4.33. The Balaban J connectivity index is 1.71. The molecule has 1 aromatic carbocycles. The predicted octanol–water partition coefficient (Wildman–Crippen LogP) is 5.03. The van der Waals surface area contributed by atoms with Gasteiger partial charge in [-0.2, -0.15) is 0 Å². The summed E-state index contributed by atoms with van der Waals surface area (Å²) in [6.07, 6.45) is 12.9. The minimum atomic E-state index is -0.252. The molecule has 0 bridgehead atoms. The standard InChI is InChI=1S/C26H42N2O3/c1-3-5-6-7-8-9-10-11-12-22-13-15-23(16-14-22)25(30)28-21-26(17-18-27-20-26)19-24(29)31-4-2/h13-16,27H,3-12,17-21H2,1-2H3,(H,28,30). The number of unbranched alkanes of at least 4 members (excludes halogenated alkanes) is 7. The second-order valence-corrected chi connectivity index (χ2v) is 9.01. The number of hydrogen-bond donors (Lipinski definition) is 2. The quantitative estimate of drug-likeness (QED) is 0.302. The van der Waals surface area contributed by atoms with Crippen LogP contribution in [0, 0.1) is 5.41 Å². The van der Waals surface area contributed by atoms with E-state index < -0.39 is 0 Å². The highest BCUT2D eigenvalue weighted by molar-refractivity contribution is 5.94. The van der Waals surface area contributed by atoms with Gasteiger partial charge >= 0.3 is 5.97 Å². The second kappa shape index (κ2) is 14.2. The number of carbonyl (C=O) groups is 2. The zero-order valence-corrected chi connectivity index (χ0v) is 19.6. The fraction of sp³-hybridized carbons (Fsp3) is 0.692. The van der Waals surface area contributed by atoms with E-state index in [-0.39, 0.29) is 17.3 Å². The summed E-state index contributed by atoms with van der Waals surface area (Å²) in [5.74, 6) is -0.264. The first-order chi connectivity index (χ1) is 15.1.